The van der Waals surface area contributed by atoms with Gasteiger partial charge >= 0.3 is 0 Å². The molecular weight excluding hydrogens is 496 g/mol. The summed E-state index contributed by atoms with van der Waals surface area (Å²) in [6.45, 7) is 7.01. The summed E-state index contributed by atoms with van der Waals surface area (Å²) in [6.07, 6.45) is 0. The minimum Gasteiger partial charge on any atom is -0.382 e. The number of nitrogens with one attached hydrogen (secondary N) is 2. The highest BCUT2D eigenvalue weighted by molar-refractivity contribution is 6.43. The molecule has 0 aliphatic carbocycles. The molecule has 1 aromatic carbocycles. The van der Waals surface area contributed by atoms with Crippen LogP contribution in [0, 0.1) is 0 Å². The highest BCUT2D eigenvalue weighted by atomic mass is 35.5. The Balaban J connectivity index is 0.00000280. The molecule has 13 heteroatoms. The molecule has 1 aromatic heterocycles. The molecule has 0 bridgehead atoms. The third-order valence-electron chi connectivity index (χ3n) is 4.21. The van der Waals surface area contributed by atoms with Crippen molar-refractivity contribution in [1.82, 2.24) is 25.4 Å². The number of ether oxygens (including phenoxy) is 1. The van der Waals surface area contributed by atoms with E-state index >= 15 is 0 Å². The van der Waals surface area contributed by atoms with E-state index in [2.05, 4.69) is 30.7 Å². The van der Waals surface area contributed by atoms with E-state index in [9.17, 15) is 0 Å². The van der Waals surface area contributed by atoms with Gasteiger partial charge in [-0.25, -0.2) is 0 Å². The molecule has 170 valence electrons. The summed E-state index contributed by atoms with van der Waals surface area (Å²) in [5.74, 6) is 0.580. The van der Waals surface area contributed by atoms with Gasteiger partial charge in [-0.15, -0.1) is 47.4 Å². The van der Waals surface area contributed by atoms with Gasteiger partial charge in [-0.3, -0.25) is 4.90 Å². The predicted octanol–water partition coefficient (Wildman–Crippen LogP) is 3.03. The van der Waals surface area contributed by atoms with E-state index in [0.29, 0.717) is 47.0 Å². The number of hydrogen-bond donors (Lipinski definition) is 3. The van der Waals surface area contributed by atoms with Crippen LogP contribution in [0.5, 0.6) is 0 Å². The van der Waals surface area contributed by atoms with Crippen molar-refractivity contribution in [3.63, 3.8) is 0 Å². The monoisotopic (exact) mass is 519 g/mol. The summed E-state index contributed by atoms with van der Waals surface area (Å²) < 4.78 is 5.65. The van der Waals surface area contributed by atoms with Crippen molar-refractivity contribution in [3.8, 4) is 11.3 Å². The molecule has 1 aliphatic rings. The van der Waals surface area contributed by atoms with Gasteiger partial charge in [0, 0.05) is 44.8 Å². The predicted molar refractivity (Wildman–Crippen MR) is 130 cm³/mol. The zero-order valence-corrected chi connectivity index (χ0v) is 20.1. The molecule has 2 aromatic rings. The van der Waals surface area contributed by atoms with E-state index in [0.717, 1.165) is 32.7 Å². The van der Waals surface area contributed by atoms with E-state index in [1.807, 2.05) is 0 Å². The molecule has 3 rings (SSSR count). The number of halogens is 5. The topological polar surface area (TPSA) is 101 Å². The Bertz CT molecular complexity index is 765. The van der Waals surface area contributed by atoms with Gasteiger partial charge in [-0.1, -0.05) is 35.3 Å². The number of nitrogen functional groups attached to an aromatic ring is 1. The van der Waals surface area contributed by atoms with Gasteiger partial charge in [0.05, 0.1) is 23.3 Å². The third-order valence-corrected chi connectivity index (χ3v) is 5.03. The molecular formula is C17H26Cl5N7O. The lowest BCUT2D eigenvalue weighted by Crippen LogP contribution is -2.44. The Hall–Kier alpha value is -0.840. The largest absolute Gasteiger partial charge is 0.382 e. The zero-order valence-electron chi connectivity index (χ0n) is 16.1. The van der Waals surface area contributed by atoms with Gasteiger partial charge in [0.25, 0.3) is 0 Å². The summed E-state index contributed by atoms with van der Waals surface area (Å²) in [7, 11) is 0. The van der Waals surface area contributed by atoms with Gasteiger partial charge in [0.15, 0.2) is 5.82 Å². The van der Waals surface area contributed by atoms with E-state index in [-0.39, 0.29) is 43.0 Å². The highest BCUT2D eigenvalue weighted by Gasteiger charge is 2.14. The molecule has 0 saturated carbocycles. The molecule has 0 unspecified atom stereocenters. The molecule has 0 atom stereocenters. The number of nitrogens with zero attached hydrogens (tertiary/aromatic N) is 4. The van der Waals surface area contributed by atoms with Crippen LogP contribution in [-0.2, 0) is 4.74 Å². The van der Waals surface area contributed by atoms with Crippen molar-refractivity contribution in [2.45, 2.75) is 0 Å². The summed E-state index contributed by atoms with van der Waals surface area (Å²) in [5.41, 5.74) is 7.01. The maximum Gasteiger partial charge on any atom is 0.244 e. The Labute approximate surface area is 204 Å². The fraction of sp³-hybridized carbons (Fsp3) is 0.471. The Morgan fingerprint density at radius 1 is 1.10 bits per heavy atom. The van der Waals surface area contributed by atoms with Crippen LogP contribution in [0.4, 0.5) is 11.8 Å². The number of hydrogen-bond acceptors (Lipinski definition) is 8. The molecule has 30 heavy (non-hydrogen) atoms. The number of rotatable bonds is 8. The number of benzene rings is 1. The van der Waals surface area contributed by atoms with Gasteiger partial charge in [-0.2, -0.15) is 4.98 Å². The lowest BCUT2D eigenvalue weighted by atomic mass is 10.1. The summed E-state index contributed by atoms with van der Waals surface area (Å²) in [5, 5.41) is 15.4. The van der Waals surface area contributed by atoms with E-state index < -0.39 is 0 Å². The lowest BCUT2D eigenvalue weighted by molar-refractivity contribution is 0.106. The van der Waals surface area contributed by atoms with E-state index in [4.69, 9.17) is 33.7 Å². The zero-order chi connectivity index (χ0) is 19.1. The van der Waals surface area contributed by atoms with Crippen molar-refractivity contribution < 1.29 is 4.74 Å². The van der Waals surface area contributed by atoms with Crippen LogP contribution in [0.15, 0.2) is 18.2 Å². The average Bonchev–Trinajstić information content (AvgIpc) is 2.68. The minimum atomic E-state index is 0. The minimum absolute atomic E-state index is 0. The second-order valence-electron chi connectivity index (χ2n) is 6.10. The van der Waals surface area contributed by atoms with Crippen molar-refractivity contribution in [3.05, 3.63) is 28.2 Å². The number of piperazine rings is 1. The highest BCUT2D eigenvalue weighted by Crippen LogP contribution is 2.34. The van der Waals surface area contributed by atoms with Gasteiger partial charge in [0.1, 0.15) is 5.69 Å². The number of aromatic nitrogens is 3. The normalized spacial score (nSPS) is 13.5. The van der Waals surface area contributed by atoms with Gasteiger partial charge in [-0.05, 0) is 6.07 Å². The Kier molecular flexibility index (Phi) is 14.6. The molecule has 4 N–H and O–H groups in total. The second kappa shape index (κ2) is 15.0. The molecule has 0 amide bonds. The lowest BCUT2D eigenvalue weighted by Gasteiger charge is -2.26. The number of anilines is 2. The smallest absolute Gasteiger partial charge is 0.244 e. The SMILES string of the molecule is Cl.Cl.Cl.Nc1nc(NCCOCCN2CCNCC2)nnc1-c1cccc(Cl)c1Cl. The third kappa shape index (κ3) is 8.36. The maximum absolute atomic E-state index is 6.21. The summed E-state index contributed by atoms with van der Waals surface area (Å²) >= 11 is 12.2. The van der Waals surface area contributed by atoms with E-state index in [1.54, 1.807) is 18.2 Å². The fourth-order valence-corrected chi connectivity index (χ4v) is 3.15. The van der Waals surface area contributed by atoms with Crippen LogP contribution in [0.2, 0.25) is 10.0 Å². The van der Waals surface area contributed by atoms with E-state index in [1.165, 1.54) is 0 Å². The first-order valence-corrected chi connectivity index (χ1v) is 9.60. The van der Waals surface area contributed by atoms with Crippen LogP contribution in [-0.4, -0.2) is 72.6 Å². The molecule has 1 saturated heterocycles. The molecule has 1 fully saturated rings. The van der Waals surface area contributed by atoms with Crippen molar-refractivity contribution in [2.24, 2.45) is 0 Å². The van der Waals surface area contributed by atoms with Crippen LogP contribution < -0.4 is 16.4 Å². The first kappa shape index (κ1) is 29.2. The maximum atomic E-state index is 6.21. The van der Waals surface area contributed by atoms with Crippen LogP contribution in [0.25, 0.3) is 11.3 Å². The van der Waals surface area contributed by atoms with Crippen LogP contribution in [0.3, 0.4) is 0 Å². The molecule has 8 nitrogen and oxygen atoms in total. The van der Waals surface area contributed by atoms with Crippen LogP contribution >= 0.6 is 60.4 Å². The quantitative estimate of drug-likeness (QED) is 0.456. The number of nitrogens with two attached hydrogens (primary N) is 1. The van der Waals surface area contributed by atoms with Gasteiger partial charge in [0.2, 0.25) is 5.95 Å². The standard InChI is InChI=1S/C17H23Cl2N7O.3ClH/c18-13-3-1-2-12(14(13)19)15-16(20)23-17(25-24-15)22-6-10-27-11-9-26-7-4-21-5-8-26;;;/h1-3,21H,4-11H2,(H3,20,22,23,25);3*1H. The van der Waals surface area contributed by atoms with Crippen LogP contribution in [0.1, 0.15) is 0 Å². The average molecular weight is 522 g/mol. The Morgan fingerprint density at radius 2 is 1.83 bits per heavy atom. The first-order valence-electron chi connectivity index (χ1n) is 8.84. The first-order chi connectivity index (χ1) is 13.1. The molecule has 1 aliphatic heterocycles. The fourth-order valence-electron chi connectivity index (χ4n) is 2.76. The van der Waals surface area contributed by atoms with Gasteiger partial charge < -0.3 is 21.1 Å². The summed E-state index contributed by atoms with van der Waals surface area (Å²) in [4.78, 5) is 6.62. The second-order valence-corrected chi connectivity index (χ2v) is 6.89. The molecule has 0 spiro atoms. The van der Waals surface area contributed by atoms with Crippen molar-refractivity contribution >= 4 is 72.2 Å². The summed E-state index contributed by atoms with van der Waals surface area (Å²) in [6, 6.07) is 5.24. The van der Waals surface area contributed by atoms with Crippen molar-refractivity contribution in [2.75, 3.05) is 63.5 Å². The van der Waals surface area contributed by atoms with Crippen molar-refractivity contribution in [1.29, 1.82) is 0 Å². The molecule has 2 heterocycles. The Morgan fingerprint density at radius 3 is 2.53 bits per heavy atom. The molecule has 0 radical (unpaired) electrons.